The van der Waals surface area contributed by atoms with Crippen molar-refractivity contribution in [2.75, 3.05) is 37.6 Å². The zero-order valence-corrected chi connectivity index (χ0v) is 13.7. The van der Waals surface area contributed by atoms with E-state index in [-0.39, 0.29) is 0 Å². The molecule has 2 aromatic heterocycles. The predicted molar refractivity (Wildman–Crippen MR) is 91.6 cm³/mol. The first kappa shape index (κ1) is 15.0. The second-order valence-electron chi connectivity index (χ2n) is 5.17. The largest absolute Gasteiger partial charge is 0.467 e. The first-order chi connectivity index (χ1) is 10.9. The first-order valence-corrected chi connectivity index (χ1v) is 8.59. The van der Waals surface area contributed by atoms with Gasteiger partial charge in [0.1, 0.15) is 12.3 Å². The van der Waals surface area contributed by atoms with Crippen LogP contribution in [0.2, 0.25) is 0 Å². The van der Waals surface area contributed by atoms with Crippen LogP contribution in [0, 0.1) is 0 Å². The minimum Gasteiger partial charge on any atom is -0.467 e. The molecule has 118 valence electrons. The fourth-order valence-corrected chi connectivity index (χ4v) is 3.35. The summed E-state index contributed by atoms with van der Waals surface area (Å²) in [5.41, 5.74) is 0. The van der Waals surface area contributed by atoms with Crippen LogP contribution in [0.15, 0.2) is 45.3 Å². The standard InChI is InChI=1S/C16H22N4OS/c1-2-17-16(18-13-14-5-3-11-21-14)20-9-7-19(8-10-20)15-6-4-12-22-15/h3-6,11-12H,2,7-10,13H2,1H3,(H,17,18). The van der Waals surface area contributed by atoms with Crippen molar-refractivity contribution < 1.29 is 4.42 Å². The Hall–Kier alpha value is -1.95. The molecule has 0 spiro atoms. The highest BCUT2D eigenvalue weighted by atomic mass is 32.1. The van der Waals surface area contributed by atoms with Gasteiger partial charge in [-0.2, -0.15) is 0 Å². The van der Waals surface area contributed by atoms with Gasteiger partial charge in [0, 0.05) is 32.7 Å². The molecule has 1 fully saturated rings. The Bertz CT molecular complexity index is 571. The molecular formula is C16H22N4OS. The van der Waals surface area contributed by atoms with Crippen molar-refractivity contribution in [3.8, 4) is 0 Å². The molecule has 0 aliphatic carbocycles. The minimum absolute atomic E-state index is 0.584. The molecule has 1 aliphatic rings. The van der Waals surface area contributed by atoms with Crippen molar-refractivity contribution in [1.29, 1.82) is 0 Å². The van der Waals surface area contributed by atoms with Crippen LogP contribution < -0.4 is 10.2 Å². The summed E-state index contributed by atoms with van der Waals surface area (Å²) in [4.78, 5) is 9.46. The van der Waals surface area contributed by atoms with Gasteiger partial charge in [-0.1, -0.05) is 0 Å². The van der Waals surface area contributed by atoms with Crippen LogP contribution in [0.3, 0.4) is 0 Å². The molecule has 2 aromatic rings. The number of rotatable bonds is 4. The highest BCUT2D eigenvalue weighted by molar-refractivity contribution is 7.14. The maximum absolute atomic E-state index is 5.36. The van der Waals surface area contributed by atoms with E-state index < -0.39 is 0 Å². The predicted octanol–water partition coefficient (Wildman–Crippen LogP) is 2.63. The topological polar surface area (TPSA) is 44.0 Å². The Kier molecular flexibility index (Phi) is 5.00. The first-order valence-electron chi connectivity index (χ1n) is 7.71. The number of furan rings is 1. The Morgan fingerprint density at radius 2 is 2.14 bits per heavy atom. The van der Waals surface area contributed by atoms with Gasteiger partial charge in [-0.15, -0.1) is 11.3 Å². The fourth-order valence-electron chi connectivity index (χ4n) is 2.57. The molecular weight excluding hydrogens is 296 g/mol. The van der Waals surface area contributed by atoms with E-state index in [9.17, 15) is 0 Å². The van der Waals surface area contributed by atoms with Crippen LogP contribution in [0.4, 0.5) is 5.00 Å². The Balaban J connectivity index is 1.59. The van der Waals surface area contributed by atoms with E-state index in [1.165, 1.54) is 5.00 Å². The van der Waals surface area contributed by atoms with Crippen LogP contribution >= 0.6 is 11.3 Å². The summed E-state index contributed by atoms with van der Waals surface area (Å²) in [5.74, 6) is 1.87. The van der Waals surface area contributed by atoms with Crippen molar-refractivity contribution >= 4 is 22.3 Å². The molecule has 0 radical (unpaired) electrons. The highest BCUT2D eigenvalue weighted by Crippen LogP contribution is 2.22. The van der Waals surface area contributed by atoms with E-state index in [2.05, 4.69) is 44.5 Å². The van der Waals surface area contributed by atoms with E-state index in [1.54, 1.807) is 6.26 Å². The number of aliphatic imine (C=N–C) groups is 1. The Morgan fingerprint density at radius 3 is 2.77 bits per heavy atom. The average Bonchev–Trinajstić information content (AvgIpc) is 3.25. The van der Waals surface area contributed by atoms with Gasteiger partial charge in [0.15, 0.2) is 5.96 Å². The number of nitrogens with zero attached hydrogens (tertiary/aromatic N) is 3. The maximum Gasteiger partial charge on any atom is 0.194 e. The molecule has 0 bridgehead atoms. The van der Waals surface area contributed by atoms with E-state index in [4.69, 9.17) is 4.42 Å². The van der Waals surface area contributed by atoms with Gasteiger partial charge in [-0.3, -0.25) is 0 Å². The lowest BCUT2D eigenvalue weighted by atomic mass is 10.3. The lowest BCUT2D eigenvalue weighted by molar-refractivity contribution is 0.372. The molecule has 0 unspecified atom stereocenters. The Morgan fingerprint density at radius 1 is 1.27 bits per heavy atom. The Labute approximate surface area is 135 Å². The van der Waals surface area contributed by atoms with Crippen LogP contribution in [0.5, 0.6) is 0 Å². The molecule has 3 heterocycles. The average molecular weight is 318 g/mol. The smallest absolute Gasteiger partial charge is 0.194 e. The van der Waals surface area contributed by atoms with Crippen LogP contribution in [0.25, 0.3) is 0 Å². The lowest BCUT2D eigenvalue weighted by Gasteiger charge is -2.37. The number of nitrogens with one attached hydrogen (secondary N) is 1. The second kappa shape index (κ2) is 7.35. The minimum atomic E-state index is 0.584. The van der Waals surface area contributed by atoms with Crippen molar-refractivity contribution in [1.82, 2.24) is 10.2 Å². The number of hydrogen-bond donors (Lipinski definition) is 1. The van der Waals surface area contributed by atoms with Crippen molar-refractivity contribution in [3.05, 3.63) is 41.7 Å². The summed E-state index contributed by atoms with van der Waals surface area (Å²) in [5, 5.41) is 6.88. The summed E-state index contributed by atoms with van der Waals surface area (Å²) in [7, 11) is 0. The molecule has 0 amide bonds. The SMILES string of the molecule is CCNC(=NCc1ccco1)N1CCN(c2cccs2)CC1. The summed E-state index contributed by atoms with van der Waals surface area (Å²) < 4.78 is 5.36. The molecule has 0 saturated carbocycles. The maximum atomic E-state index is 5.36. The van der Waals surface area contributed by atoms with Crippen molar-refractivity contribution in [2.24, 2.45) is 4.99 Å². The number of guanidine groups is 1. The third kappa shape index (κ3) is 3.62. The second-order valence-corrected chi connectivity index (χ2v) is 6.10. The lowest BCUT2D eigenvalue weighted by Crippen LogP contribution is -2.52. The van der Waals surface area contributed by atoms with E-state index in [1.807, 2.05) is 23.5 Å². The zero-order valence-electron chi connectivity index (χ0n) is 12.9. The molecule has 0 atom stereocenters. The molecule has 0 aromatic carbocycles. The number of hydrogen-bond acceptors (Lipinski definition) is 4. The van der Waals surface area contributed by atoms with E-state index in [0.717, 1.165) is 44.4 Å². The summed E-state index contributed by atoms with van der Waals surface area (Å²) in [6.45, 7) is 7.61. The number of anilines is 1. The highest BCUT2D eigenvalue weighted by Gasteiger charge is 2.20. The van der Waals surface area contributed by atoms with Gasteiger partial charge in [-0.25, -0.2) is 4.99 Å². The summed E-state index contributed by atoms with van der Waals surface area (Å²) in [6, 6.07) is 8.16. The molecule has 1 saturated heterocycles. The van der Waals surface area contributed by atoms with Gasteiger partial charge in [-0.05, 0) is 36.6 Å². The molecule has 1 N–H and O–H groups in total. The van der Waals surface area contributed by atoms with Crippen LogP contribution in [-0.4, -0.2) is 43.6 Å². The van der Waals surface area contributed by atoms with Crippen molar-refractivity contribution in [2.45, 2.75) is 13.5 Å². The molecule has 1 aliphatic heterocycles. The van der Waals surface area contributed by atoms with Crippen LogP contribution in [0.1, 0.15) is 12.7 Å². The molecule has 22 heavy (non-hydrogen) atoms. The van der Waals surface area contributed by atoms with Gasteiger partial charge < -0.3 is 19.5 Å². The molecule has 3 rings (SSSR count). The number of thiophene rings is 1. The summed E-state index contributed by atoms with van der Waals surface area (Å²) in [6.07, 6.45) is 1.69. The molecule has 6 heteroatoms. The van der Waals surface area contributed by atoms with Gasteiger partial charge in [0.05, 0.1) is 11.3 Å². The third-order valence-electron chi connectivity index (χ3n) is 3.70. The summed E-state index contributed by atoms with van der Waals surface area (Å²) >= 11 is 1.81. The zero-order chi connectivity index (χ0) is 15.2. The number of piperazine rings is 1. The fraction of sp³-hybridized carbons (Fsp3) is 0.438. The van der Waals surface area contributed by atoms with Crippen LogP contribution in [-0.2, 0) is 6.54 Å². The van der Waals surface area contributed by atoms with Gasteiger partial charge >= 0.3 is 0 Å². The molecule has 5 nitrogen and oxygen atoms in total. The monoisotopic (exact) mass is 318 g/mol. The van der Waals surface area contributed by atoms with E-state index >= 15 is 0 Å². The van der Waals surface area contributed by atoms with Gasteiger partial charge in [0.2, 0.25) is 0 Å². The third-order valence-corrected chi connectivity index (χ3v) is 4.63. The van der Waals surface area contributed by atoms with E-state index in [0.29, 0.717) is 6.54 Å². The normalized spacial score (nSPS) is 16.1. The quantitative estimate of drug-likeness (QED) is 0.695. The van der Waals surface area contributed by atoms with Gasteiger partial charge in [0.25, 0.3) is 0 Å². The van der Waals surface area contributed by atoms with Crippen molar-refractivity contribution in [3.63, 3.8) is 0 Å².